The van der Waals surface area contributed by atoms with Gasteiger partial charge in [-0.05, 0) is 30.5 Å². The summed E-state index contributed by atoms with van der Waals surface area (Å²) in [7, 11) is 0. The van der Waals surface area contributed by atoms with Crippen LogP contribution < -0.4 is 10.5 Å². The third-order valence-electron chi connectivity index (χ3n) is 3.34. The minimum absolute atomic E-state index is 0.0157. The Bertz CT molecular complexity index is 669. The quantitative estimate of drug-likeness (QED) is 0.648. The molecule has 3 heteroatoms. The molecule has 2 aromatic carbocycles. The first kappa shape index (κ1) is 15.1. The molecule has 0 aromatic heterocycles. The Morgan fingerprint density at radius 2 is 1.71 bits per heavy atom. The first-order chi connectivity index (χ1) is 9.79. The average molecular weight is 282 g/mol. The summed E-state index contributed by atoms with van der Waals surface area (Å²) in [5.74, 6) is 1.43. The monoisotopic (exact) mass is 282 g/mol. The van der Waals surface area contributed by atoms with Crippen LogP contribution in [0, 0.1) is 12.3 Å². The summed E-state index contributed by atoms with van der Waals surface area (Å²) in [6, 6.07) is 13.7. The van der Waals surface area contributed by atoms with Gasteiger partial charge in [0.25, 0.3) is 0 Å². The topological polar surface area (TPSA) is 59.1 Å². The van der Waals surface area contributed by atoms with E-state index in [1.54, 1.807) is 0 Å². The SMILES string of the molecule is Cc1ccc(Oc2ccccc2C(C)(C)C)c(C(=N)N)c1. The van der Waals surface area contributed by atoms with E-state index < -0.39 is 0 Å². The molecule has 2 aromatic rings. The van der Waals surface area contributed by atoms with Crippen LogP contribution in [0.25, 0.3) is 0 Å². The van der Waals surface area contributed by atoms with Crippen molar-refractivity contribution in [1.82, 2.24) is 0 Å². The maximum absolute atomic E-state index is 7.71. The molecule has 0 heterocycles. The molecule has 0 saturated carbocycles. The number of nitrogens with two attached hydrogens (primary N) is 1. The molecule has 0 aliphatic heterocycles. The molecule has 2 rings (SSSR count). The average Bonchev–Trinajstić information content (AvgIpc) is 2.40. The highest BCUT2D eigenvalue weighted by Crippen LogP contribution is 2.35. The molecule has 0 fully saturated rings. The molecule has 0 amide bonds. The summed E-state index contributed by atoms with van der Waals surface area (Å²) in [4.78, 5) is 0. The molecule has 3 N–H and O–H groups in total. The van der Waals surface area contributed by atoms with Gasteiger partial charge < -0.3 is 10.5 Å². The van der Waals surface area contributed by atoms with Crippen LogP contribution in [0.3, 0.4) is 0 Å². The van der Waals surface area contributed by atoms with Gasteiger partial charge in [0.05, 0.1) is 5.56 Å². The normalized spacial score (nSPS) is 11.2. The molecule has 110 valence electrons. The number of hydrogen-bond acceptors (Lipinski definition) is 2. The van der Waals surface area contributed by atoms with Crippen LogP contribution in [0.1, 0.15) is 37.5 Å². The Morgan fingerprint density at radius 1 is 1.05 bits per heavy atom. The number of nitrogen functional groups attached to an aromatic ring is 1. The minimum Gasteiger partial charge on any atom is -0.456 e. The van der Waals surface area contributed by atoms with Crippen molar-refractivity contribution in [2.45, 2.75) is 33.1 Å². The fourth-order valence-electron chi connectivity index (χ4n) is 2.24. The summed E-state index contributed by atoms with van der Waals surface area (Å²) >= 11 is 0. The number of hydrogen-bond donors (Lipinski definition) is 2. The molecule has 0 aliphatic carbocycles. The van der Waals surface area contributed by atoms with E-state index in [1.165, 1.54) is 0 Å². The van der Waals surface area contributed by atoms with Gasteiger partial charge in [-0.3, -0.25) is 5.41 Å². The minimum atomic E-state index is -0.0162. The molecule has 0 radical (unpaired) electrons. The van der Waals surface area contributed by atoms with Crippen LogP contribution in [0.15, 0.2) is 42.5 Å². The number of nitrogens with one attached hydrogen (secondary N) is 1. The van der Waals surface area contributed by atoms with E-state index in [4.69, 9.17) is 15.9 Å². The van der Waals surface area contributed by atoms with Gasteiger partial charge in [-0.1, -0.05) is 50.6 Å². The predicted molar refractivity (Wildman–Crippen MR) is 87.4 cm³/mol. The second-order valence-corrected chi connectivity index (χ2v) is 6.26. The van der Waals surface area contributed by atoms with Gasteiger partial charge in [0.15, 0.2) is 0 Å². The van der Waals surface area contributed by atoms with Gasteiger partial charge in [0.1, 0.15) is 17.3 Å². The third-order valence-corrected chi connectivity index (χ3v) is 3.34. The molecule has 0 unspecified atom stereocenters. The molecular formula is C18H22N2O. The van der Waals surface area contributed by atoms with E-state index in [2.05, 4.69) is 26.8 Å². The van der Waals surface area contributed by atoms with Crippen LogP contribution in [0.5, 0.6) is 11.5 Å². The maximum atomic E-state index is 7.71. The summed E-state index contributed by atoms with van der Waals surface area (Å²) in [5, 5.41) is 7.71. The van der Waals surface area contributed by atoms with Crippen LogP contribution in [0.2, 0.25) is 0 Å². The summed E-state index contributed by atoms with van der Waals surface area (Å²) < 4.78 is 6.06. The maximum Gasteiger partial charge on any atom is 0.138 e. The standard InChI is InChI=1S/C18H22N2O/c1-12-9-10-15(13(11-12)17(19)20)21-16-8-6-5-7-14(16)18(2,3)4/h5-11H,1-4H3,(H3,19,20). The van der Waals surface area contributed by atoms with Crippen molar-refractivity contribution >= 4 is 5.84 Å². The number of aryl methyl sites for hydroxylation is 1. The molecule has 0 saturated heterocycles. The second kappa shape index (κ2) is 5.60. The van der Waals surface area contributed by atoms with Crippen LogP contribution in [0.4, 0.5) is 0 Å². The first-order valence-corrected chi connectivity index (χ1v) is 7.01. The van der Waals surface area contributed by atoms with Crippen molar-refractivity contribution < 1.29 is 4.74 Å². The van der Waals surface area contributed by atoms with E-state index in [-0.39, 0.29) is 11.3 Å². The first-order valence-electron chi connectivity index (χ1n) is 7.01. The highest BCUT2D eigenvalue weighted by molar-refractivity contribution is 5.97. The summed E-state index contributed by atoms with van der Waals surface area (Å²) in [5.41, 5.74) is 8.45. The lowest BCUT2D eigenvalue weighted by Gasteiger charge is -2.23. The van der Waals surface area contributed by atoms with Crippen LogP contribution >= 0.6 is 0 Å². The van der Waals surface area contributed by atoms with E-state index >= 15 is 0 Å². The number of ether oxygens (including phenoxy) is 1. The molecule has 0 atom stereocenters. The Balaban J connectivity index is 2.47. The zero-order valence-electron chi connectivity index (χ0n) is 13.0. The fraction of sp³-hybridized carbons (Fsp3) is 0.278. The lowest BCUT2D eigenvalue weighted by atomic mass is 9.86. The Kier molecular flexibility index (Phi) is 4.03. The van der Waals surface area contributed by atoms with Crippen LogP contribution in [-0.4, -0.2) is 5.84 Å². The smallest absolute Gasteiger partial charge is 0.138 e. The second-order valence-electron chi connectivity index (χ2n) is 6.26. The Hall–Kier alpha value is -2.29. The molecule has 21 heavy (non-hydrogen) atoms. The summed E-state index contributed by atoms with van der Waals surface area (Å²) in [6.45, 7) is 8.42. The lowest BCUT2D eigenvalue weighted by molar-refractivity contribution is 0.454. The van der Waals surface area contributed by atoms with Gasteiger partial charge >= 0.3 is 0 Å². The van der Waals surface area contributed by atoms with Crippen molar-refractivity contribution in [3.8, 4) is 11.5 Å². The lowest BCUT2D eigenvalue weighted by Crippen LogP contribution is -2.14. The Morgan fingerprint density at radius 3 is 2.33 bits per heavy atom. The van der Waals surface area contributed by atoms with Gasteiger partial charge in [0.2, 0.25) is 0 Å². The van der Waals surface area contributed by atoms with Gasteiger partial charge in [-0.2, -0.15) is 0 Å². The van der Waals surface area contributed by atoms with Crippen molar-refractivity contribution in [2.24, 2.45) is 5.73 Å². The summed E-state index contributed by atoms with van der Waals surface area (Å²) in [6.07, 6.45) is 0. The number of benzene rings is 2. The van der Waals surface area contributed by atoms with Crippen molar-refractivity contribution in [3.63, 3.8) is 0 Å². The van der Waals surface area contributed by atoms with Crippen molar-refractivity contribution in [2.75, 3.05) is 0 Å². The fourth-order valence-corrected chi connectivity index (χ4v) is 2.24. The van der Waals surface area contributed by atoms with E-state index in [0.29, 0.717) is 11.3 Å². The van der Waals surface area contributed by atoms with E-state index in [9.17, 15) is 0 Å². The molecule has 0 bridgehead atoms. The molecule has 0 spiro atoms. The zero-order chi connectivity index (χ0) is 15.6. The largest absolute Gasteiger partial charge is 0.456 e. The highest BCUT2D eigenvalue weighted by Gasteiger charge is 2.19. The number of rotatable bonds is 3. The van der Waals surface area contributed by atoms with E-state index in [1.807, 2.05) is 43.3 Å². The molecular weight excluding hydrogens is 260 g/mol. The highest BCUT2D eigenvalue weighted by atomic mass is 16.5. The number of amidine groups is 1. The van der Waals surface area contributed by atoms with Gasteiger partial charge in [-0.15, -0.1) is 0 Å². The number of para-hydroxylation sites is 1. The van der Waals surface area contributed by atoms with Crippen molar-refractivity contribution in [1.29, 1.82) is 5.41 Å². The molecule has 0 aliphatic rings. The Labute approximate surface area is 126 Å². The third kappa shape index (κ3) is 3.43. The zero-order valence-corrected chi connectivity index (χ0v) is 13.0. The van der Waals surface area contributed by atoms with Crippen LogP contribution in [-0.2, 0) is 5.41 Å². The van der Waals surface area contributed by atoms with Gasteiger partial charge in [0, 0.05) is 5.56 Å². The van der Waals surface area contributed by atoms with Gasteiger partial charge in [-0.25, -0.2) is 0 Å². The van der Waals surface area contributed by atoms with E-state index in [0.717, 1.165) is 16.9 Å². The molecule has 3 nitrogen and oxygen atoms in total. The predicted octanol–water partition coefficient (Wildman–Crippen LogP) is 4.37. The van der Waals surface area contributed by atoms with Crippen molar-refractivity contribution in [3.05, 3.63) is 59.2 Å².